The summed E-state index contributed by atoms with van der Waals surface area (Å²) in [6, 6.07) is 0. The van der Waals surface area contributed by atoms with Crippen LogP contribution in [0.1, 0.15) is 6.92 Å². The minimum absolute atomic E-state index is 0.313. The maximum Gasteiger partial charge on any atom is 0.333 e. The number of aliphatic hydroxyl groups excluding tert-OH is 3. The predicted octanol–water partition coefficient (Wildman–Crippen LogP) is -1.67. The normalized spacial score (nSPS) is 10.7. The Morgan fingerprint density at radius 3 is 1.89 bits per heavy atom. The molecule has 7 nitrogen and oxygen atoms in total. The Kier molecular flexibility index (Phi) is 11.7. The molecule has 0 atom stereocenters. The minimum Gasteiger partial charge on any atom is -0.461 e. The van der Waals surface area contributed by atoms with E-state index in [2.05, 4.69) is 6.58 Å². The monoisotopic (exact) mass is 278 g/mol. The molecule has 0 spiro atoms. The number of hydrogen-bond acceptors (Lipinski definition) is 7. The average molecular weight is 278 g/mol. The summed E-state index contributed by atoms with van der Waals surface area (Å²) >= 11 is 0. The first-order valence-corrected chi connectivity index (χ1v) is 5.81. The van der Waals surface area contributed by atoms with Gasteiger partial charge in [-0.25, -0.2) is 4.79 Å². The molecule has 19 heavy (non-hydrogen) atoms. The fraction of sp³-hybridized carbons (Fsp3) is 0.750. The number of nitrogens with two attached hydrogens (primary N) is 1. The molecule has 0 saturated carbocycles. The summed E-state index contributed by atoms with van der Waals surface area (Å²) in [7, 11) is 3.85. The van der Waals surface area contributed by atoms with Crippen LogP contribution in [-0.4, -0.2) is 78.8 Å². The molecule has 0 saturated heterocycles. The van der Waals surface area contributed by atoms with E-state index in [4.69, 9.17) is 25.8 Å². The van der Waals surface area contributed by atoms with E-state index in [0.717, 1.165) is 6.54 Å². The summed E-state index contributed by atoms with van der Waals surface area (Å²) in [6.45, 7) is 5.07. The van der Waals surface area contributed by atoms with Crippen LogP contribution in [0.4, 0.5) is 0 Å². The number of rotatable bonds is 7. The largest absolute Gasteiger partial charge is 0.461 e. The van der Waals surface area contributed by atoms with Crippen molar-refractivity contribution in [1.82, 2.24) is 4.90 Å². The van der Waals surface area contributed by atoms with Gasteiger partial charge in [-0.1, -0.05) is 6.58 Å². The molecule has 0 radical (unpaired) electrons. The first kappa shape index (κ1) is 20.3. The lowest BCUT2D eigenvalue weighted by Crippen LogP contribution is -2.50. The number of esters is 1. The molecule has 0 unspecified atom stereocenters. The quantitative estimate of drug-likeness (QED) is 0.325. The highest BCUT2D eigenvalue weighted by Crippen LogP contribution is 1.93. The smallest absolute Gasteiger partial charge is 0.333 e. The van der Waals surface area contributed by atoms with E-state index in [0.29, 0.717) is 12.2 Å². The number of nitrogens with zero attached hydrogens (tertiary/aromatic N) is 1. The molecule has 0 fully saturated rings. The Labute approximate surface area is 114 Å². The molecular weight excluding hydrogens is 252 g/mol. The maximum atomic E-state index is 10.8. The van der Waals surface area contributed by atoms with Gasteiger partial charge in [-0.2, -0.15) is 0 Å². The van der Waals surface area contributed by atoms with Crippen molar-refractivity contribution in [2.45, 2.75) is 12.5 Å². The highest BCUT2D eigenvalue weighted by atomic mass is 16.5. The molecule has 0 heterocycles. The van der Waals surface area contributed by atoms with Crippen molar-refractivity contribution >= 4 is 5.97 Å². The number of carbonyl (C=O) groups is 1. The summed E-state index contributed by atoms with van der Waals surface area (Å²) in [5.41, 5.74) is 4.39. The van der Waals surface area contributed by atoms with Gasteiger partial charge in [0.05, 0.1) is 25.4 Å². The van der Waals surface area contributed by atoms with Crippen molar-refractivity contribution < 1.29 is 24.9 Å². The van der Waals surface area contributed by atoms with Crippen molar-refractivity contribution in [2.75, 3.05) is 47.1 Å². The fourth-order valence-electron chi connectivity index (χ4n) is 0.594. The van der Waals surface area contributed by atoms with Crippen LogP contribution in [0.25, 0.3) is 0 Å². The second kappa shape index (κ2) is 10.9. The average Bonchev–Trinajstić information content (AvgIpc) is 2.38. The van der Waals surface area contributed by atoms with Gasteiger partial charge in [-0.3, -0.25) is 0 Å². The molecule has 0 amide bonds. The van der Waals surface area contributed by atoms with Crippen LogP contribution in [0.5, 0.6) is 0 Å². The van der Waals surface area contributed by atoms with Gasteiger partial charge in [0.25, 0.3) is 0 Å². The van der Waals surface area contributed by atoms with Crippen LogP contribution in [-0.2, 0) is 9.53 Å². The lowest BCUT2D eigenvalue weighted by Gasteiger charge is -2.20. The third-order valence-corrected chi connectivity index (χ3v) is 2.06. The lowest BCUT2D eigenvalue weighted by atomic mass is 10.1. The van der Waals surface area contributed by atoms with Crippen LogP contribution >= 0.6 is 0 Å². The van der Waals surface area contributed by atoms with Gasteiger partial charge >= 0.3 is 5.97 Å². The van der Waals surface area contributed by atoms with E-state index in [-0.39, 0.29) is 5.97 Å². The zero-order chi connectivity index (χ0) is 15.5. The van der Waals surface area contributed by atoms with Gasteiger partial charge in [-0.05, 0) is 21.0 Å². The highest BCUT2D eigenvalue weighted by molar-refractivity contribution is 5.86. The number of aliphatic hydroxyl groups is 3. The van der Waals surface area contributed by atoms with Crippen LogP contribution in [0.15, 0.2) is 12.2 Å². The Morgan fingerprint density at radius 1 is 1.26 bits per heavy atom. The summed E-state index contributed by atoms with van der Waals surface area (Å²) in [4.78, 5) is 12.7. The van der Waals surface area contributed by atoms with Gasteiger partial charge in [0.2, 0.25) is 0 Å². The van der Waals surface area contributed by atoms with Crippen LogP contribution in [0.3, 0.4) is 0 Å². The Hall–Kier alpha value is -0.990. The number of carbonyl (C=O) groups excluding carboxylic acids is 1. The molecule has 0 aliphatic carbocycles. The van der Waals surface area contributed by atoms with E-state index in [1.807, 2.05) is 19.0 Å². The summed E-state index contributed by atoms with van der Waals surface area (Å²) < 4.78 is 4.83. The van der Waals surface area contributed by atoms with E-state index in [9.17, 15) is 4.79 Å². The van der Waals surface area contributed by atoms with Crippen molar-refractivity contribution in [3.05, 3.63) is 12.2 Å². The van der Waals surface area contributed by atoms with Crippen LogP contribution in [0.2, 0.25) is 0 Å². The number of ether oxygens (including phenoxy) is 1. The molecule has 0 aliphatic heterocycles. The van der Waals surface area contributed by atoms with Crippen molar-refractivity contribution in [3.8, 4) is 0 Å². The highest BCUT2D eigenvalue weighted by Gasteiger charge is 2.20. The van der Waals surface area contributed by atoms with Crippen LogP contribution in [0, 0.1) is 0 Å². The molecule has 0 aromatic carbocycles. The van der Waals surface area contributed by atoms with Gasteiger partial charge in [0.15, 0.2) is 0 Å². The molecule has 0 aromatic rings. The Bertz CT molecular complexity index is 257. The Balaban J connectivity index is 0. The fourth-order valence-corrected chi connectivity index (χ4v) is 0.594. The zero-order valence-electron chi connectivity index (χ0n) is 11.9. The van der Waals surface area contributed by atoms with Crippen molar-refractivity contribution in [3.63, 3.8) is 0 Å². The number of hydrogen-bond donors (Lipinski definition) is 4. The molecular formula is C12H26N2O5. The molecule has 0 aromatic heterocycles. The SMILES string of the molecule is C=C(C)C(=O)OCCN(C)C.NC(CO)(CO)CO. The first-order chi connectivity index (χ1) is 8.72. The van der Waals surface area contributed by atoms with Crippen LogP contribution < -0.4 is 5.73 Å². The predicted molar refractivity (Wildman–Crippen MR) is 72.5 cm³/mol. The lowest BCUT2D eigenvalue weighted by molar-refractivity contribution is -0.139. The minimum atomic E-state index is -1.21. The summed E-state index contributed by atoms with van der Waals surface area (Å²) in [5.74, 6) is -0.313. The Morgan fingerprint density at radius 2 is 1.68 bits per heavy atom. The maximum absolute atomic E-state index is 10.8. The van der Waals surface area contributed by atoms with Gasteiger partial charge in [0.1, 0.15) is 6.61 Å². The van der Waals surface area contributed by atoms with Gasteiger partial charge in [-0.15, -0.1) is 0 Å². The summed E-state index contributed by atoms with van der Waals surface area (Å²) in [5, 5.41) is 25.0. The van der Waals surface area contributed by atoms with Gasteiger partial charge in [0, 0.05) is 12.1 Å². The van der Waals surface area contributed by atoms with E-state index < -0.39 is 25.4 Å². The molecule has 0 bridgehead atoms. The third kappa shape index (κ3) is 11.8. The molecule has 114 valence electrons. The second-order valence-corrected chi connectivity index (χ2v) is 4.56. The van der Waals surface area contributed by atoms with Gasteiger partial charge < -0.3 is 30.7 Å². The number of likely N-dealkylation sites (N-methyl/N-ethyl adjacent to an activating group) is 1. The zero-order valence-corrected chi connectivity index (χ0v) is 11.9. The molecule has 0 rings (SSSR count). The van der Waals surface area contributed by atoms with Crippen molar-refractivity contribution in [2.24, 2.45) is 5.73 Å². The topological polar surface area (TPSA) is 116 Å². The molecule has 7 heteroatoms. The van der Waals surface area contributed by atoms with E-state index in [1.165, 1.54) is 0 Å². The molecule has 0 aliphatic rings. The van der Waals surface area contributed by atoms with Crippen molar-refractivity contribution in [1.29, 1.82) is 0 Å². The molecule has 5 N–H and O–H groups in total. The summed E-state index contributed by atoms with van der Waals surface area (Å²) in [6.07, 6.45) is 0. The van der Waals surface area contributed by atoms with E-state index >= 15 is 0 Å². The third-order valence-electron chi connectivity index (χ3n) is 2.06. The second-order valence-electron chi connectivity index (χ2n) is 4.56. The first-order valence-electron chi connectivity index (χ1n) is 5.81. The standard InChI is InChI=1S/C8H15NO2.C4H11NO3/c1-7(2)8(10)11-6-5-9(3)4;5-4(1-6,2-7)3-8/h1,5-6H2,2-4H3;6-8H,1-3,5H2. The van der Waals surface area contributed by atoms with E-state index in [1.54, 1.807) is 6.92 Å².